The van der Waals surface area contributed by atoms with Gasteiger partial charge in [-0.3, -0.25) is 25.2 Å². The second kappa shape index (κ2) is 6.84. The number of rotatable bonds is 4. The maximum absolute atomic E-state index is 12.2. The van der Waals surface area contributed by atoms with Gasteiger partial charge in [0.05, 0.1) is 5.39 Å². The summed E-state index contributed by atoms with van der Waals surface area (Å²) in [5.41, 5.74) is 4.42. The van der Waals surface area contributed by atoms with Crippen LogP contribution >= 0.6 is 0 Å². The maximum atomic E-state index is 12.2. The van der Waals surface area contributed by atoms with E-state index in [1.54, 1.807) is 24.3 Å². The molecule has 0 fully saturated rings. The van der Waals surface area contributed by atoms with Crippen molar-refractivity contribution in [2.45, 2.75) is 26.7 Å². The molecule has 0 saturated carbocycles. The Morgan fingerprint density at radius 1 is 1.14 bits per heavy atom. The smallest absolute Gasteiger partial charge is 0.273 e. The Balaban J connectivity index is 2.19. The second-order valence-electron chi connectivity index (χ2n) is 4.90. The van der Waals surface area contributed by atoms with Crippen LogP contribution in [0.5, 0.6) is 0 Å². The van der Waals surface area contributed by atoms with E-state index in [9.17, 15) is 14.4 Å². The number of aromatic amines is 1. The molecule has 1 aromatic heterocycles. The van der Waals surface area contributed by atoms with Crippen molar-refractivity contribution in [3.05, 3.63) is 40.3 Å². The minimum absolute atomic E-state index is 0.0556. The first-order valence-electron chi connectivity index (χ1n) is 7.16. The topological polar surface area (TPSA) is 104 Å². The van der Waals surface area contributed by atoms with Crippen LogP contribution < -0.4 is 16.4 Å². The summed E-state index contributed by atoms with van der Waals surface area (Å²) in [6, 6.07) is 6.65. The maximum Gasteiger partial charge on any atom is 0.290 e. The number of hydrogen-bond acceptors (Lipinski definition) is 4. The summed E-state index contributed by atoms with van der Waals surface area (Å²) in [6.07, 6.45) is 1.39. The monoisotopic (exact) mass is 302 g/mol. The summed E-state index contributed by atoms with van der Waals surface area (Å²) < 4.78 is 0. The first kappa shape index (κ1) is 15.7. The van der Waals surface area contributed by atoms with Crippen LogP contribution in [0.2, 0.25) is 0 Å². The van der Waals surface area contributed by atoms with Gasteiger partial charge < -0.3 is 0 Å². The van der Waals surface area contributed by atoms with Crippen molar-refractivity contribution in [3.8, 4) is 0 Å². The van der Waals surface area contributed by atoms with E-state index < -0.39 is 5.91 Å². The number of nitrogens with one attached hydrogen (secondary N) is 3. The minimum atomic E-state index is -0.577. The molecule has 2 amide bonds. The van der Waals surface area contributed by atoms with Crippen LogP contribution in [0.3, 0.4) is 0 Å². The van der Waals surface area contributed by atoms with E-state index in [1.807, 2.05) is 13.8 Å². The van der Waals surface area contributed by atoms with E-state index in [-0.39, 0.29) is 23.1 Å². The summed E-state index contributed by atoms with van der Waals surface area (Å²) in [7, 11) is 0. The van der Waals surface area contributed by atoms with Gasteiger partial charge in [-0.15, -0.1) is 0 Å². The number of fused-ring (bicyclic) bond motifs is 1. The fraction of sp³-hybridized carbons (Fsp3) is 0.333. The third-order valence-corrected chi connectivity index (χ3v) is 3.57. The molecule has 2 aromatic rings. The number of aromatic nitrogens is 2. The molecule has 1 aromatic carbocycles. The molecule has 0 aliphatic rings. The van der Waals surface area contributed by atoms with E-state index in [1.165, 1.54) is 0 Å². The average molecular weight is 302 g/mol. The van der Waals surface area contributed by atoms with E-state index in [0.717, 1.165) is 0 Å². The van der Waals surface area contributed by atoms with Crippen LogP contribution in [0.25, 0.3) is 10.8 Å². The third-order valence-electron chi connectivity index (χ3n) is 3.57. The molecule has 0 atom stereocenters. The lowest BCUT2D eigenvalue weighted by atomic mass is 10.0. The summed E-state index contributed by atoms with van der Waals surface area (Å²) in [5, 5.41) is 6.85. The predicted molar refractivity (Wildman–Crippen MR) is 82.0 cm³/mol. The van der Waals surface area contributed by atoms with Crippen molar-refractivity contribution in [2.24, 2.45) is 5.92 Å². The predicted octanol–water partition coefficient (Wildman–Crippen LogP) is 1.12. The zero-order valence-electron chi connectivity index (χ0n) is 12.5. The molecule has 0 aliphatic heterocycles. The Morgan fingerprint density at radius 3 is 2.41 bits per heavy atom. The Kier molecular flexibility index (Phi) is 4.88. The molecule has 0 bridgehead atoms. The first-order valence-corrected chi connectivity index (χ1v) is 7.16. The van der Waals surface area contributed by atoms with Crippen LogP contribution in [0.1, 0.15) is 37.2 Å². The molecular weight excluding hydrogens is 284 g/mol. The minimum Gasteiger partial charge on any atom is -0.273 e. The lowest BCUT2D eigenvalue weighted by Gasteiger charge is -2.13. The van der Waals surface area contributed by atoms with Crippen LogP contribution in [0.15, 0.2) is 29.1 Å². The zero-order valence-corrected chi connectivity index (χ0v) is 12.5. The molecule has 0 radical (unpaired) electrons. The standard InChI is InChI=1S/C15H18N4O3/c1-3-9(4-2)13(20)17-19-15(22)12-10-7-5-6-8-11(10)14(21)18-16-12/h5-9H,3-4H2,1-2H3,(H,17,20)(H,18,21)(H,19,22). The van der Waals surface area contributed by atoms with E-state index in [0.29, 0.717) is 23.6 Å². The first-order chi connectivity index (χ1) is 10.6. The highest BCUT2D eigenvalue weighted by atomic mass is 16.2. The highest BCUT2D eigenvalue weighted by Crippen LogP contribution is 2.12. The lowest BCUT2D eigenvalue weighted by molar-refractivity contribution is -0.126. The normalized spacial score (nSPS) is 10.7. The molecule has 2 rings (SSSR count). The molecule has 0 aliphatic carbocycles. The summed E-state index contributed by atoms with van der Waals surface area (Å²) in [6.45, 7) is 3.82. The molecule has 1 heterocycles. The Hall–Kier alpha value is -2.70. The van der Waals surface area contributed by atoms with Gasteiger partial charge in [0, 0.05) is 11.3 Å². The Bertz CT molecular complexity index is 750. The number of carbonyl (C=O) groups excluding carboxylic acids is 2. The molecule has 0 saturated heterocycles. The number of hydrogen-bond donors (Lipinski definition) is 3. The highest BCUT2D eigenvalue weighted by Gasteiger charge is 2.17. The largest absolute Gasteiger partial charge is 0.290 e. The van der Waals surface area contributed by atoms with Crippen molar-refractivity contribution in [3.63, 3.8) is 0 Å². The van der Waals surface area contributed by atoms with Crippen LogP contribution in [0.4, 0.5) is 0 Å². The SMILES string of the molecule is CCC(CC)C(=O)NNC(=O)c1n[nH]c(=O)c2ccccc12. The van der Waals surface area contributed by atoms with Crippen LogP contribution in [-0.4, -0.2) is 22.0 Å². The van der Waals surface area contributed by atoms with Crippen molar-refractivity contribution >= 4 is 22.6 Å². The van der Waals surface area contributed by atoms with Gasteiger partial charge in [-0.2, -0.15) is 5.10 Å². The molecule has 0 spiro atoms. The van der Waals surface area contributed by atoms with Crippen molar-refractivity contribution in [1.29, 1.82) is 0 Å². The number of H-pyrrole nitrogens is 1. The van der Waals surface area contributed by atoms with Gasteiger partial charge in [0.2, 0.25) is 5.91 Å². The zero-order chi connectivity index (χ0) is 16.1. The molecule has 22 heavy (non-hydrogen) atoms. The summed E-state index contributed by atoms with van der Waals surface area (Å²) in [5.74, 6) is -0.973. The van der Waals surface area contributed by atoms with Gasteiger partial charge in [-0.1, -0.05) is 32.0 Å². The lowest BCUT2D eigenvalue weighted by Crippen LogP contribution is -2.44. The number of carbonyl (C=O) groups is 2. The summed E-state index contributed by atoms with van der Waals surface area (Å²) in [4.78, 5) is 35.7. The molecule has 0 unspecified atom stereocenters. The van der Waals surface area contributed by atoms with Crippen molar-refractivity contribution in [2.75, 3.05) is 0 Å². The van der Waals surface area contributed by atoms with Gasteiger partial charge in [0.1, 0.15) is 0 Å². The fourth-order valence-electron chi connectivity index (χ4n) is 2.23. The molecule has 7 heteroatoms. The summed E-state index contributed by atoms with van der Waals surface area (Å²) >= 11 is 0. The van der Waals surface area contributed by atoms with E-state index in [4.69, 9.17) is 0 Å². The van der Waals surface area contributed by atoms with Gasteiger partial charge in [0.25, 0.3) is 11.5 Å². The van der Waals surface area contributed by atoms with Crippen molar-refractivity contribution in [1.82, 2.24) is 21.0 Å². The van der Waals surface area contributed by atoms with Gasteiger partial charge in [0.15, 0.2) is 5.69 Å². The molecular formula is C15H18N4O3. The Morgan fingerprint density at radius 2 is 1.77 bits per heavy atom. The quantitative estimate of drug-likeness (QED) is 0.736. The highest BCUT2D eigenvalue weighted by molar-refractivity contribution is 6.05. The van der Waals surface area contributed by atoms with E-state index >= 15 is 0 Å². The van der Waals surface area contributed by atoms with E-state index in [2.05, 4.69) is 21.0 Å². The number of hydrazine groups is 1. The van der Waals surface area contributed by atoms with Gasteiger partial charge >= 0.3 is 0 Å². The third kappa shape index (κ3) is 3.13. The number of amides is 2. The number of nitrogens with zero attached hydrogens (tertiary/aromatic N) is 1. The van der Waals surface area contributed by atoms with Crippen LogP contribution in [-0.2, 0) is 4.79 Å². The molecule has 116 valence electrons. The second-order valence-corrected chi connectivity index (χ2v) is 4.90. The molecule has 3 N–H and O–H groups in total. The van der Waals surface area contributed by atoms with Gasteiger partial charge in [-0.25, -0.2) is 5.10 Å². The fourth-order valence-corrected chi connectivity index (χ4v) is 2.23. The Labute approximate surface area is 127 Å². The van der Waals surface area contributed by atoms with Gasteiger partial charge in [-0.05, 0) is 18.9 Å². The number of benzene rings is 1. The average Bonchev–Trinajstić information content (AvgIpc) is 2.54. The van der Waals surface area contributed by atoms with Crippen LogP contribution in [0, 0.1) is 5.92 Å². The molecule has 7 nitrogen and oxygen atoms in total. The van der Waals surface area contributed by atoms with Crippen molar-refractivity contribution < 1.29 is 9.59 Å².